The Morgan fingerprint density at radius 3 is 2.52 bits per heavy atom. The number of benzene rings is 1. The fourth-order valence-electron chi connectivity index (χ4n) is 1.54. The molecular formula is C13H6BrF3N2O2. The number of furan rings is 1. The van der Waals surface area contributed by atoms with E-state index in [2.05, 4.69) is 21.2 Å². The lowest BCUT2D eigenvalue weighted by molar-refractivity contribution is -0.137. The molecule has 4 nitrogen and oxygen atoms in total. The summed E-state index contributed by atoms with van der Waals surface area (Å²) in [6.45, 7) is 0. The Kier molecular flexibility index (Phi) is 4.04. The first kappa shape index (κ1) is 15.1. The highest BCUT2D eigenvalue weighted by Gasteiger charge is 2.31. The number of hydrogen-bond donors (Lipinski definition) is 1. The summed E-state index contributed by atoms with van der Waals surface area (Å²) in [7, 11) is 0. The zero-order chi connectivity index (χ0) is 15.6. The van der Waals surface area contributed by atoms with E-state index in [1.165, 1.54) is 12.1 Å². The Morgan fingerprint density at radius 1 is 1.29 bits per heavy atom. The molecule has 2 aromatic rings. The number of nitrogens with zero attached hydrogens (tertiary/aromatic N) is 1. The molecule has 1 aromatic carbocycles. The molecule has 8 heteroatoms. The molecule has 0 bridgehead atoms. The standard InChI is InChI=1S/C13H6BrF3N2O2/c14-11-4-3-10(21-11)12(20)19-9-2-1-8(13(15,16)17)5-7(9)6-18/h1-5H,(H,19,20). The van der Waals surface area contributed by atoms with E-state index < -0.39 is 17.6 Å². The topological polar surface area (TPSA) is 66.0 Å². The molecule has 2 rings (SSSR count). The molecule has 108 valence electrons. The van der Waals surface area contributed by atoms with Gasteiger partial charge in [-0.15, -0.1) is 0 Å². The molecule has 1 amide bonds. The Balaban J connectivity index is 2.29. The molecule has 0 atom stereocenters. The molecule has 0 fully saturated rings. The van der Waals surface area contributed by atoms with E-state index in [-0.39, 0.29) is 17.0 Å². The molecule has 0 aliphatic carbocycles. The fraction of sp³-hybridized carbons (Fsp3) is 0.0769. The number of amides is 1. The van der Waals surface area contributed by atoms with Gasteiger partial charge in [-0.2, -0.15) is 18.4 Å². The van der Waals surface area contributed by atoms with Crippen LogP contribution in [0.25, 0.3) is 0 Å². The van der Waals surface area contributed by atoms with Crippen LogP contribution >= 0.6 is 15.9 Å². The number of carbonyl (C=O) groups excluding carboxylic acids is 1. The van der Waals surface area contributed by atoms with E-state index in [1.54, 1.807) is 6.07 Å². The van der Waals surface area contributed by atoms with Crippen molar-refractivity contribution in [3.05, 3.63) is 51.9 Å². The molecule has 1 heterocycles. The van der Waals surface area contributed by atoms with Gasteiger partial charge in [-0.3, -0.25) is 4.79 Å². The number of rotatable bonds is 2. The minimum atomic E-state index is -4.56. The maximum atomic E-state index is 12.5. The van der Waals surface area contributed by atoms with E-state index in [0.29, 0.717) is 10.7 Å². The number of alkyl halides is 3. The van der Waals surface area contributed by atoms with Gasteiger partial charge in [0, 0.05) is 0 Å². The highest BCUT2D eigenvalue weighted by Crippen LogP contribution is 2.31. The first-order valence-electron chi connectivity index (χ1n) is 5.49. The number of nitriles is 1. The predicted molar refractivity (Wildman–Crippen MR) is 70.5 cm³/mol. The van der Waals surface area contributed by atoms with Gasteiger partial charge >= 0.3 is 6.18 Å². The molecule has 0 unspecified atom stereocenters. The monoisotopic (exact) mass is 358 g/mol. The van der Waals surface area contributed by atoms with E-state index in [0.717, 1.165) is 12.1 Å². The number of nitrogens with one attached hydrogen (secondary N) is 1. The minimum absolute atomic E-state index is 0.0250. The highest BCUT2D eigenvalue weighted by atomic mass is 79.9. The van der Waals surface area contributed by atoms with Crippen LogP contribution in [-0.4, -0.2) is 5.91 Å². The maximum absolute atomic E-state index is 12.5. The first-order valence-corrected chi connectivity index (χ1v) is 6.28. The Hall–Kier alpha value is -2.27. The largest absolute Gasteiger partial charge is 0.444 e. The summed E-state index contributed by atoms with van der Waals surface area (Å²) in [5.74, 6) is -0.706. The van der Waals surface area contributed by atoms with E-state index in [4.69, 9.17) is 9.68 Å². The van der Waals surface area contributed by atoms with Gasteiger partial charge in [-0.05, 0) is 46.3 Å². The van der Waals surface area contributed by atoms with Crippen LogP contribution in [-0.2, 0) is 6.18 Å². The molecule has 0 saturated carbocycles. The number of hydrogen-bond acceptors (Lipinski definition) is 3. The van der Waals surface area contributed by atoms with E-state index >= 15 is 0 Å². The van der Waals surface area contributed by atoms with Crippen molar-refractivity contribution < 1.29 is 22.4 Å². The van der Waals surface area contributed by atoms with Gasteiger partial charge in [0.1, 0.15) is 6.07 Å². The number of halogens is 4. The highest BCUT2D eigenvalue weighted by molar-refractivity contribution is 9.10. The number of anilines is 1. The molecule has 1 N–H and O–H groups in total. The Morgan fingerprint density at radius 2 is 2.00 bits per heavy atom. The van der Waals surface area contributed by atoms with Gasteiger partial charge in [-0.1, -0.05) is 0 Å². The third-order valence-electron chi connectivity index (χ3n) is 2.51. The van der Waals surface area contributed by atoms with E-state index in [1.807, 2.05) is 0 Å². The maximum Gasteiger partial charge on any atom is 0.416 e. The average molecular weight is 359 g/mol. The van der Waals surface area contributed by atoms with Gasteiger partial charge in [0.25, 0.3) is 5.91 Å². The van der Waals surface area contributed by atoms with Crippen molar-refractivity contribution in [3.63, 3.8) is 0 Å². The van der Waals surface area contributed by atoms with Crippen molar-refractivity contribution in [2.75, 3.05) is 5.32 Å². The van der Waals surface area contributed by atoms with Gasteiger partial charge in [0.15, 0.2) is 10.4 Å². The molecule has 0 radical (unpaired) electrons. The molecule has 1 aromatic heterocycles. The third-order valence-corrected chi connectivity index (χ3v) is 2.94. The zero-order valence-corrected chi connectivity index (χ0v) is 11.7. The van der Waals surface area contributed by atoms with Crippen LogP contribution in [0.3, 0.4) is 0 Å². The summed E-state index contributed by atoms with van der Waals surface area (Å²) in [4.78, 5) is 11.8. The molecule has 0 spiro atoms. The molecule has 0 saturated heterocycles. The quantitative estimate of drug-likeness (QED) is 0.875. The van der Waals surface area contributed by atoms with Crippen molar-refractivity contribution >= 4 is 27.5 Å². The second kappa shape index (κ2) is 5.61. The van der Waals surface area contributed by atoms with Crippen LogP contribution in [0.4, 0.5) is 18.9 Å². The summed E-state index contributed by atoms with van der Waals surface area (Å²) in [5.41, 5.74) is -1.27. The summed E-state index contributed by atoms with van der Waals surface area (Å²) >= 11 is 3.02. The summed E-state index contributed by atoms with van der Waals surface area (Å²) in [5, 5.41) is 11.2. The van der Waals surface area contributed by atoms with Gasteiger partial charge < -0.3 is 9.73 Å². The lowest BCUT2D eigenvalue weighted by Gasteiger charge is -2.10. The Labute approximate surface area is 125 Å². The summed E-state index contributed by atoms with van der Waals surface area (Å²) in [6, 6.07) is 6.98. The molecule has 21 heavy (non-hydrogen) atoms. The van der Waals surface area contributed by atoms with Crippen LogP contribution in [0.2, 0.25) is 0 Å². The van der Waals surface area contributed by atoms with Crippen molar-refractivity contribution in [3.8, 4) is 6.07 Å². The lowest BCUT2D eigenvalue weighted by Crippen LogP contribution is -2.13. The Bertz CT molecular complexity index is 732. The predicted octanol–water partition coefficient (Wildman–Crippen LogP) is 4.18. The lowest BCUT2D eigenvalue weighted by atomic mass is 10.1. The first-order chi connectivity index (χ1) is 9.81. The van der Waals surface area contributed by atoms with Gasteiger partial charge in [0.05, 0.1) is 16.8 Å². The molecule has 0 aliphatic rings. The fourth-order valence-corrected chi connectivity index (χ4v) is 1.85. The van der Waals surface area contributed by atoms with Crippen LogP contribution < -0.4 is 5.32 Å². The average Bonchev–Trinajstić information content (AvgIpc) is 2.84. The van der Waals surface area contributed by atoms with Crippen LogP contribution in [0.15, 0.2) is 39.4 Å². The normalized spacial score (nSPS) is 11.0. The van der Waals surface area contributed by atoms with E-state index in [9.17, 15) is 18.0 Å². The second-order valence-electron chi connectivity index (χ2n) is 3.93. The van der Waals surface area contributed by atoms with Crippen LogP contribution in [0.5, 0.6) is 0 Å². The van der Waals surface area contributed by atoms with Gasteiger partial charge in [0.2, 0.25) is 0 Å². The number of carbonyl (C=O) groups is 1. The smallest absolute Gasteiger partial charge is 0.416 e. The third kappa shape index (κ3) is 3.44. The van der Waals surface area contributed by atoms with Crippen molar-refractivity contribution in [1.82, 2.24) is 0 Å². The molecular weight excluding hydrogens is 353 g/mol. The zero-order valence-electron chi connectivity index (χ0n) is 10.2. The minimum Gasteiger partial charge on any atom is -0.444 e. The SMILES string of the molecule is N#Cc1cc(C(F)(F)F)ccc1NC(=O)c1ccc(Br)o1. The molecule has 0 aliphatic heterocycles. The van der Waals surface area contributed by atoms with Crippen LogP contribution in [0.1, 0.15) is 21.7 Å². The van der Waals surface area contributed by atoms with Crippen molar-refractivity contribution in [1.29, 1.82) is 5.26 Å². The second-order valence-corrected chi connectivity index (χ2v) is 4.71. The van der Waals surface area contributed by atoms with Crippen LogP contribution in [0, 0.1) is 11.3 Å². The van der Waals surface area contributed by atoms with Crippen molar-refractivity contribution in [2.24, 2.45) is 0 Å². The summed E-state index contributed by atoms with van der Waals surface area (Å²) < 4.78 is 43.0. The summed E-state index contributed by atoms with van der Waals surface area (Å²) in [6.07, 6.45) is -4.56. The van der Waals surface area contributed by atoms with Gasteiger partial charge in [-0.25, -0.2) is 0 Å². The van der Waals surface area contributed by atoms with Crippen molar-refractivity contribution in [2.45, 2.75) is 6.18 Å².